The number of hydrogen-bond acceptors (Lipinski definition) is 4. The molecule has 2 aromatic carbocycles. The summed E-state index contributed by atoms with van der Waals surface area (Å²) in [6.07, 6.45) is 13.0. The van der Waals surface area contributed by atoms with Crippen molar-refractivity contribution in [3.05, 3.63) is 95.1 Å². The van der Waals surface area contributed by atoms with Crippen LogP contribution >= 0.6 is 0 Å². The van der Waals surface area contributed by atoms with E-state index in [1.54, 1.807) is 0 Å². The van der Waals surface area contributed by atoms with Gasteiger partial charge in [-0.15, -0.1) is 0 Å². The summed E-state index contributed by atoms with van der Waals surface area (Å²) in [4.78, 5) is 17.0. The van der Waals surface area contributed by atoms with Crippen LogP contribution in [0.5, 0.6) is 0 Å². The molecule has 2 bridgehead atoms. The number of nitrogens with zero attached hydrogens (tertiary/aromatic N) is 1. The molecule has 1 heterocycles. The number of carbonyl (C=O) groups excluding carboxylic acids is 1. The summed E-state index contributed by atoms with van der Waals surface area (Å²) in [5.41, 5.74) is 2.67. The van der Waals surface area contributed by atoms with Crippen LogP contribution in [0.4, 0.5) is 0 Å². The summed E-state index contributed by atoms with van der Waals surface area (Å²) in [5, 5.41) is 23.6. The molecule has 2 N–H and O–H groups in total. The number of rotatable bonds is 4. The summed E-state index contributed by atoms with van der Waals surface area (Å²) < 4.78 is 0. The number of benzene rings is 2. The highest BCUT2D eigenvalue weighted by Gasteiger charge is 2.74. The van der Waals surface area contributed by atoms with Crippen molar-refractivity contribution in [1.29, 1.82) is 0 Å². The maximum Gasteiger partial charge on any atom is 0.189 e. The molecule has 0 amide bonds. The van der Waals surface area contributed by atoms with E-state index in [0.29, 0.717) is 18.9 Å². The fourth-order valence-corrected chi connectivity index (χ4v) is 11.2. The average Bonchev–Trinajstić information content (AvgIpc) is 3.50. The molecule has 4 heteroatoms. The first-order chi connectivity index (χ1) is 19.6. The third kappa shape index (κ3) is 3.25. The van der Waals surface area contributed by atoms with E-state index in [-0.39, 0.29) is 34.1 Å². The third-order valence-electron chi connectivity index (χ3n) is 13.4. The largest absolute Gasteiger partial charge is 0.393 e. The maximum atomic E-state index is 14.5. The zero-order valence-corrected chi connectivity index (χ0v) is 24.5. The topological polar surface area (TPSA) is 60.8 Å². The van der Waals surface area contributed by atoms with Gasteiger partial charge in [0.1, 0.15) is 0 Å². The fraction of sp³-hybridized carbons (Fsp3) is 0.541. The van der Waals surface area contributed by atoms with E-state index in [1.807, 2.05) is 30.3 Å². The van der Waals surface area contributed by atoms with Crippen LogP contribution in [0.2, 0.25) is 0 Å². The van der Waals surface area contributed by atoms with Crippen molar-refractivity contribution in [1.82, 2.24) is 4.90 Å². The third-order valence-corrected chi connectivity index (χ3v) is 13.4. The van der Waals surface area contributed by atoms with E-state index in [9.17, 15) is 15.0 Å². The highest BCUT2D eigenvalue weighted by molar-refractivity contribution is 6.10. The molecule has 0 aromatic heterocycles. The van der Waals surface area contributed by atoms with E-state index >= 15 is 0 Å². The van der Waals surface area contributed by atoms with Crippen molar-refractivity contribution in [3.63, 3.8) is 0 Å². The van der Waals surface area contributed by atoms with Crippen molar-refractivity contribution >= 4 is 5.78 Å². The van der Waals surface area contributed by atoms with Crippen LogP contribution in [0, 0.1) is 33.5 Å². The molecule has 3 fully saturated rings. The van der Waals surface area contributed by atoms with Gasteiger partial charge in [-0.3, -0.25) is 9.69 Å². The highest BCUT2D eigenvalue weighted by atomic mass is 16.3. The second-order valence-electron chi connectivity index (χ2n) is 14.9. The zero-order valence-electron chi connectivity index (χ0n) is 24.5. The number of hydrogen-bond donors (Lipinski definition) is 2. The second-order valence-corrected chi connectivity index (χ2v) is 14.9. The Morgan fingerprint density at radius 3 is 2.22 bits per heavy atom. The van der Waals surface area contributed by atoms with Crippen molar-refractivity contribution in [2.45, 2.75) is 83.6 Å². The van der Waals surface area contributed by atoms with E-state index in [2.05, 4.69) is 61.2 Å². The molecule has 1 aliphatic heterocycles. The van der Waals surface area contributed by atoms with E-state index in [4.69, 9.17) is 0 Å². The predicted octanol–water partition coefficient (Wildman–Crippen LogP) is 6.48. The first kappa shape index (κ1) is 26.1. The Kier molecular flexibility index (Phi) is 5.43. The smallest absolute Gasteiger partial charge is 0.189 e. The molecular weight excluding hydrogens is 506 g/mol. The standard InChI is InChI=1S/C37H43NO3/c1-33-15-12-28(39)20-35(33)18-19-37(29(21-35)32(40)25-8-4-3-5-9-25)30(33)13-16-34(2)31(37)14-17-36(34,41)24-38-22-26-10-6-7-11-27(26)23-38/h3-11,18-19,21,28,30-31,39,41H,12-17,20,22-24H2,1-2H3. The van der Waals surface area contributed by atoms with Crippen LogP contribution in [0.15, 0.2) is 78.4 Å². The Morgan fingerprint density at radius 2 is 1.49 bits per heavy atom. The lowest BCUT2D eigenvalue weighted by molar-refractivity contribution is -0.176. The lowest BCUT2D eigenvalue weighted by Crippen LogP contribution is -2.67. The minimum atomic E-state index is -0.802. The minimum Gasteiger partial charge on any atom is -0.393 e. The number of carbonyl (C=O) groups is 1. The number of ketones is 1. The summed E-state index contributed by atoms with van der Waals surface area (Å²) >= 11 is 0. The lowest BCUT2D eigenvalue weighted by Gasteiger charge is -2.71. The Morgan fingerprint density at radius 1 is 0.854 bits per heavy atom. The molecule has 2 aromatic rings. The van der Waals surface area contributed by atoms with Gasteiger partial charge in [0.15, 0.2) is 5.78 Å². The van der Waals surface area contributed by atoms with Crippen LogP contribution < -0.4 is 0 Å². The van der Waals surface area contributed by atoms with Gasteiger partial charge in [0.05, 0.1) is 11.7 Å². The fourth-order valence-electron chi connectivity index (χ4n) is 11.2. The van der Waals surface area contributed by atoms with Gasteiger partial charge in [0, 0.05) is 47.0 Å². The number of β-amino-alcohol motifs (C(OH)–C–C–N with tert-alkyl or cyclic N) is 1. The van der Waals surface area contributed by atoms with Crippen LogP contribution in [0.1, 0.15) is 80.3 Å². The Hall–Kier alpha value is -2.53. The number of aliphatic hydroxyl groups excluding tert-OH is 1. The minimum absolute atomic E-state index is 0.0000795. The molecule has 8 atom stereocenters. The van der Waals surface area contributed by atoms with Crippen molar-refractivity contribution < 1.29 is 15.0 Å². The first-order valence-corrected chi connectivity index (χ1v) is 15.9. The quantitative estimate of drug-likeness (QED) is 0.339. The number of aliphatic hydroxyl groups is 2. The van der Waals surface area contributed by atoms with Crippen LogP contribution in [0.3, 0.4) is 0 Å². The van der Waals surface area contributed by atoms with Crippen molar-refractivity contribution in [2.24, 2.45) is 33.5 Å². The summed E-state index contributed by atoms with van der Waals surface area (Å²) in [6, 6.07) is 18.5. The number of allylic oxidation sites excluding steroid dienone is 4. The van der Waals surface area contributed by atoms with Gasteiger partial charge < -0.3 is 10.2 Å². The van der Waals surface area contributed by atoms with E-state index in [1.165, 1.54) is 11.1 Å². The lowest BCUT2D eigenvalue weighted by atomic mass is 9.32. The van der Waals surface area contributed by atoms with Crippen LogP contribution in [-0.2, 0) is 13.1 Å². The van der Waals surface area contributed by atoms with E-state index < -0.39 is 11.0 Å². The molecule has 214 valence electrons. The number of fused-ring (bicyclic) bond motifs is 2. The van der Waals surface area contributed by atoms with Gasteiger partial charge in [-0.25, -0.2) is 0 Å². The summed E-state index contributed by atoms with van der Waals surface area (Å²) in [6.45, 7) is 7.27. The molecule has 3 saturated carbocycles. The van der Waals surface area contributed by atoms with E-state index in [0.717, 1.165) is 62.8 Å². The van der Waals surface area contributed by atoms with Gasteiger partial charge in [0.25, 0.3) is 0 Å². The van der Waals surface area contributed by atoms with Crippen LogP contribution in [-0.4, -0.2) is 39.1 Å². The molecule has 8 unspecified atom stereocenters. The summed E-state index contributed by atoms with van der Waals surface area (Å²) in [7, 11) is 0. The summed E-state index contributed by atoms with van der Waals surface area (Å²) in [5.74, 6) is 0.661. The molecule has 2 spiro atoms. The first-order valence-electron chi connectivity index (χ1n) is 15.9. The molecular formula is C37H43NO3. The molecule has 0 saturated heterocycles. The molecule has 7 aliphatic rings. The van der Waals surface area contributed by atoms with Crippen LogP contribution in [0.25, 0.3) is 0 Å². The Bertz CT molecular complexity index is 1460. The normalized spacial score (nSPS) is 44.1. The van der Waals surface area contributed by atoms with Gasteiger partial charge >= 0.3 is 0 Å². The molecule has 41 heavy (non-hydrogen) atoms. The molecule has 6 aliphatic carbocycles. The molecule has 0 radical (unpaired) electrons. The second kappa shape index (κ2) is 8.52. The monoisotopic (exact) mass is 549 g/mol. The van der Waals surface area contributed by atoms with Gasteiger partial charge in [0.2, 0.25) is 0 Å². The molecule has 4 nitrogen and oxygen atoms in total. The highest BCUT2D eigenvalue weighted by Crippen LogP contribution is 2.78. The van der Waals surface area contributed by atoms with Gasteiger partial charge in [-0.2, -0.15) is 0 Å². The zero-order chi connectivity index (χ0) is 28.3. The van der Waals surface area contributed by atoms with Crippen molar-refractivity contribution in [2.75, 3.05) is 6.54 Å². The van der Waals surface area contributed by atoms with Gasteiger partial charge in [-0.05, 0) is 73.3 Å². The number of Topliss-reactive ketones (excluding diaryl/α,β-unsaturated/α-hetero) is 1. The Labute approximate surface area is 244 Å². The maximum absolute atomic E-state index is 14.5. The SMILES string of the molecule is CC12CCC(O)CC13C=CC1(C(C(=O)c4ccccc4)=C3)C2CCC2(C)C1CCC2(O)CN1Cc2ccccc2C1. The average molecular weight is 550 g/mol. The Balaban J connectivity index is 1.22. The van der Waals surface area contributed by atoms with Gasteiger partial charge in [-0.1, -0.05) is 86.7 Å². The van der Waals surface area contributed by atoms with Crippen molar-refractivity contribution in [3.8, 4) is 0 Å². The molecule has 9 rings (SSSR count). The predicted molar refractivity (Wildman–Crippen MR) is 160 cm³/mol.